The largest absolute Gasteiger partial charge is 0.373 e. The first-order chi connectivity index (χ1) is 10.2. The number of nitrogens with one attached hydrogen (secondary N) is 1. The Hall–Kier alpha value is -2.43. The van der Waals surface area contributed by atoms with Crippen molar-refractivity contribution in [1.82, 2.24) is 4.98 Å². The van der Waals surface area contributed by atoms with Crippen LogP contribution in [0.2, 0.25) is 0 Å². The molecule has 4 nitrogen and oxygen atoms in total. The highest BCUT2D eigenvalue weighted by molar-refractivity contribution is 5.96. The molecule has 0 unspecified atom stereocenters. The van der Waals surface area contributed by atoms with Gasteiger partial charge in [-0.25, -0.2) is 9.37 Å². The Balaban J connectivity index is 1.94. The lowest BCUT2D eigenvalue weighted by molar-refractivity contribution is -0.119. The summed E-state index contributed by atoms with van der Waals surface area (Å²) >= 11 is 0. The minimum atomic E-state index is -0.328. The molecule has 0 radical (unpaired) electrons. The van der Waals surface area contributed by atoms with Gasteiger partial charge in [-0.05, 0) is 36.2 Å². The van der Waals surface area contributed by atoms with Crippen molar-refractivity contribution in [2.24, 2.45) is 0 Å². The summed E-state index contributed by atoms with van der Waals surface area (Å²) in [4.78, 5) is 18.2. The van der Waals surface area contributed by atoms with E-state index >= 15 is 0 Å². The van der Waals surface area contributed by atoms with Crippen LogP contribution in [-0.2, 0) is 17.8 Å². The van der Waals surface area contributed by atoms with Gasteiger partial charge in [0.05, 0.1) is 17.9 Å². The second-order valence-electron chi connectivity index (χ2n) is 5.02. The molecule has 1 amide bonds. The first kappa shape index (κ1) is 13.5. The average molecular weight is 285 g/mol. The highest BCUT2D eigenvalue weighted by Gasteiger charge is 2.25. The smallest absolute Gasteiger partial charge is 0.227 e. The van der Waals surface area contributed by atoms with Crippen molar-refractivity contribution in [3.8, 4) is 0 Å². The molecule has 2 heterocycles. The van der Waals surface area contributed by atoms with E-state index in [2.05, 4.69) is 10.3 Å². The summed E-state index contributed by atoms with van der Waals surface area (Å²) in [6.07, 6.45) is 1.11. The van der Waals surface area contributed by atoms with Crippen LogP contribution in [0, 0.1) is 5.82 Å². The quantitative estimate of drug-likeness (QED) is 0.943. The van der Waals surface area contributed by atoms with Gasteiger partial charge in [-0.2, -0.15) is 0 Å². The first-order valence-electron chi connectivity index (χ1n) is 6.90. The molecule has 0 fully saturated rings. The molecule has 21 heavy (non-hydrogen) atoms. The molecule has 2 aromatic rings. The molecule has 1 aliphatic heterocycles. The molecule has 5 heteroatoms. The van der Waals surface area contributed by atoms with Crippen molar-refractivity contribution < 1.29 is 9.18 Å². The first-order valence-corrected chi connectivity index (χ1v) is 6.90. The Morgan fingerprint density at radius 1 is 1.29 bits per heavy atom. The minimum Gasteiger partial charge on any atom is -0.373 e. The molecule has 0 saturated heterocycles. The Bertz CT molecular complexity index is 687. The van der Waals surface area contributed by atoms with Crippen molar-refractivity contribution in [1.29, 1.82) is 0 Å². The van der Waals surface area contributed by atoms with E-state index in [-0.39, 0.29) is 11.7 Å². The molecule has 1 aliphatic rings. The SMILES string of the molecule is CNc1cccc(CN2C(=O)CCc3ccc(F)cc32)n1. The molecular weight excluding hydrogens is 269 g/mol. The van der Waals surface area contributed by atoms with E-state index < -0.39 is 0 Å². The summed E-state index contributed by atoms with van der Waals surface area (Å²) in [6.45, 7) is 0.352. The van der Waals surface area contributed by atoms with Crippen molar-refractivity contribution in [2.45, 2.75) is 19.4 Å². The minimum absolute atomic E-state index is 0.00441. The van der Waals surface area contributed by atoms with Gasteiger partial charge in [0.25, 0.3) is 0 Å². The predicted octanol–water partition coefficient (Wildman–Crippen LogP) is 2.74. The van der Waals surface area contributed by atoms with E-state index in [9.17, 15) is 9.18 Å². The van der Waals surface area contributed by atoms with Crippen molar-refractivity contribution >= 4 is 17.4 Å². The molecule has 0 spiro atoms. The summed E-state index contributed by atoms with van der Waals surface area (Å²) < 4.78 is 13.5. The van der Waals surface area contributed by atoms with Crippen molar-refractivity contribution in [3.05, 3.63) is 53.5 Å². The molecule has 3 rings (SSSR count). The number of aryl methyl sites for hydroxylation is 1. The van der Waals surface area contributed by atoms with Gasteiger partial charge >= 0.3 is 0 Å². The third-order valence-corrected chi connectivity index (χ3v) is 3.63. The second-order valence-corrected chi connectivity index (χ2v) is 5.02. The third-order valence-electron chi connectivity index (χ3n) is 3.63. The fraction of sp³-hybridized carbons (Fsp3) is 0.250. The van der Waals surface area contributed by atoms with Gasteiger partial charge in [0.15, 0.2) is 0 Å². The zero-order valence-corrected chi connectivity index (χ0v) is 11.8. The fourth-order valence-corrected chi connectivity index (χ4v) is 2.55. The number of hydrogen-bond acceptors (Lipinski definition) is 3. The lowest BCUT2D eigenvalue weighted by Crippen LogP contribution is -2.34. The number of benzene rings is 1. The highest BCUT2D eigenvalue weighted by Crippen LogP contribution is 2.29. The van der Waals surface area contributed by atoms with E-state index in [0.717, 1.165) is 17.1 Å². The predicted molar refractivity (Wildman–Crippen MR) is 79.7 cm³/mol. The molecule has 108 valence electrons. The summed E-state index contributed by atoms with van der Waals surface area (Å²) in [5.74, 6) is 0.423. The summed E-state index contributed by atoms with van der Waals surface area (Å²) in [5, 5.41) is 2.97. The Kier molecular flexibility index (Phi) is 3.56. The Morgan fingerprint density at radius 2 is 2.14 bits per heavy atom. The number of aromatic nitrogens is 1. The third kappa shape index (κ3) is 2.72. The number of halogens is 1. The maximum Gasteiger partial charge on any atom is 0.227 e. The lowest BCUT2D eigenvalue weighted by atomic mass is 10.0. The second kappa shape index (κ2) is 5.52. The monoisotopic (exact) mass is 285 g/mol. The molecule has 0 atom stereocenters. The number of anilines is 2. The number of rotatable bonds is 3. The molecule has 0 saturated carbocycles. The van der Waals surface area contributed by atoms with E-state index in [1.807, 2.05) is 18.2 Å². The number of carbonyl (C=O) groups is 1. The normalized spacial score (nSPS) is 14.0. The van der Waals surface area contributed by atoms with Gasteiger partial charge in [0.1, 0.15) is 11.6 Å². The summed E-state index contributed by atoms with van der Waals surface area (Å²) in [5.41, 5.74) is 2.43. The zero-order chi connectivity index (χ0) is 14.8. The maximum absolute atomic E-state index is 13.5. The molecule has 1 N–H and O–H groups in total. The number of nitrogens with zero attached hydrogens (tertiary/aromatic N) is 2. The van der Waals surface area contributed by atoms with Crippen LogP contribution >= 0.6 is 0 Å². The summed E-state index contributed by atoms with van der Waals surface area (Å²) in [6, 6.07) is 10.2. The van der Waals surface area contributed by atoms with E-state index in [0.29, 0.717) is 25.1 Å². The van der Waals surface area contributed by atoms with Crippen LogP contribution in [0.15, 0.2) is 36.4 Å². The zero-order valence-electron chi connectivity index (χ0n) is 11.8. The van der Waals surface area contributed by atoms with Gasteiger partial charge in [-0.1, -0.05) is 12.1 Å². The summed E-state index contributed by atoms with van der Waals surface area (Å²) in [7, 11) is 1.79. The fourth-order valence-electron chi connectivity index (χ4n) is 2.55. The molecule has 1 aromatic heterocycles. The molecule has 0 aliphatic carbocycles. The highest BCUT2D eigenvalue weighted by atomic mass is 19.1. The van der Waals surface area contributed by atoms with Gasteiger partial charge in [0.2, 0.25) is 5.91 Å². The molecular formula is C16H16FN3O. The molecule has 0 bridgehead atoms. The maximum atomic E-state index is 13.5. The average Bonchev–Trinajstić information content (AvgIpc) is 2.50. The van der Waals surface area contributed by atoms with Crippen LogP contribution in [-0.4, -0.2) is 17.9 Å². The van der Waals surface area contributed by atoms with Crippen LogP contribution in [0.1, 0.15) is 17.7 Å². The number of pyridine rings is 1. The van der Waals surface area contributed by atoms with Crippen molar-refractivity contribution in [2.75, 3.05) is 17.3 Å². The van der Waals surface area contributed by atoms with Gasteiger partial charge in [-0.3, -0.25) is 4.79 Å². The Morgan fingerprint density at radius 3 is 2.95 bits per heavy atom. The van der Waals surface area contributed by atoms with E-state index in [1.54, 1.807) is 18.0 Å². The van der Waals surface area contributed by atoms with Crippen LogP contribution in [0.3, 0.4) is 0 Å². The van der Waals surface area contributed by atoms with Crippen LogP contribution in [0.5, 0.6) is 0 Å². The van der Waals surface area contributed by atoms with Gasteiger partial charge in [-0.15, -0.1) is 0 Å². The van der Waals surface area contributed by atoms with Crippen LogP contribution in [0.25, 0.3) is 0 Å². The lowest BCUT2D eigenvalue weighted by Gasteiger charge is -2.29. The topological polar surface area (TPSA) is 45.2 Å². The van der Waals surface area contributed by atoms with E-state index in [4.69, 9.17) is 0 Å². The number of carbonyl (C=O) groups excluding carboxylic acids is 1. The Labute approximate surface area is 122 Å². The van der Waals surface area contributed by atoms with Gasteiger partial charge < -0.3 is 10.2 Å². The van der Waals surface area contributed by atoms with Gasteiger partial charge in [0, 0.05) is 13.5 Å². The number of hydrogen-bond donors (Lipinski definition) is 1. The number of fused-ring (bicyclic) bond motifs is 1. The van der Waals surface area contributed by atoms with E-state index in [1.165, 1.54) is 12.1 Å². The van der Waals surface area contributed by atoms with Crippen LogP contribution in [0.4, 0.5) is 15.9 Å². The molecule has 1 aromatic carbocycles. The number of amides is 1. The van der Waals surface area contributed by atoms with Crippen LogP contribution < -0.4 is 10.2 Å². The van der Waals surface area contributed by atoms with Crippen molar-refractivity contribution in [3.63, 3.8) is 0 Å². The standard InChI is InChI=1S/C16H16FN3O/c1-18-15-4-2-3-13(19-15)10-20-14-9-12(17)7-5-11(14)6-8-16(20)21/h2-5,7,9H,6,8,10H2,1H3,(H,18,19).